The van der Waals surface area contributed by atoms with E-state index in [9.17, 15) is 18.0 Å². The lowest BCUT2D eigenvalue weighted by molar-refractivity contribution is -0.139. The Labute approximate surface area is 103 Å². The van der Waals surface area contributed by atoms with Gasteiger partial charge in [-0.05, 0) is 25.8 Å². The number of hydrogen-bond donors (Lipinski definition) is 1. The van der Waals surface area contributed by atoms with Crippen LogP contribution in [-0.2, 0) is 10.3 Å². The molecule has 0 radical (unpaired) electrons. The summed E-state index contributed by atoms with van der Waals surface area (Å²) in [7, 11) is 0. The summed E-state index contributed by atoms with van der Waals surface area (Å²) >= 11 is 0. The normalized spacial score (nSPS) is 32.1. The molecular weight excluding hydrogens is 243 g/mol. The van der Waals surface area contributed by atoms with E-state index in [1.807, 2.05) is 0 Å². The van der Waals surface area contributed by atoms with Gasteiger partial charge >= 0.3 is 0 Å². The standard InChI is InChI=1S/C13H14F3NO/c1-12(16)6-7-13(8-14,17-11(12)18)9-4-2-3-5-10(9)15/h2-5H,6-8H2,1H3,(H,17,18)/t12?,13-/m1/s1. The van der Waals surface area contributed by atoms with Crippen LogP contribution in [-0.4, -0.2) is 18.3 Å². The number of piperidine rings is 1. The first-order valence-electron chi connectivity index (χ1n) is 5.74. The number of carbonyl (C=O) groups is 1. The quantitative estimate of drug-likeness (QED) is 0.867. The van der Waals surface area contributed by atoms with Crippen LogP contribution in [0.3, 0.4) is 0 Å². The van der Waals surface area contributed by atoms with E-state index < -0.39 is 29.6 Å². The van der Waals surface area contributed by atoms with Gasteiger partial charge in [0.15, 0.2) is 5.67 Å². The van der Waals surface area contributed by atoms with Gasteiger partial charge in [0.05, 0.1) is 5.54 Å². The number of rotatable bonds is 2. The van der Waals surface area contributed by atoms with Gasteiger partial charge in [-0.3, -0.25) is 4.79 Å². The molecule has 0 saturated carbocycles. The average molecular weight is 257 g/mol. The lowest BCUT2D eigenvalue weighted by Crippen LogP contribution is -2.59. The predicted molar refractivity (Wildman–Crippen MR) is 60.9 cm³/mol. The fourth-order valence-electron chi connectivity index (χ4n) is 2.20. The van der Waals surface area contributed by atoms with Crippen LogP contribution in [0, 0.1) is 5.82 Å². The number of amides is 1. The Morgan fingerprint density at radius 1 is 1.33 bits per heavy atom. The fraction of sp³-hybridized carbons (Fsp3) is 0.462. The second-order valence-corrected chi connectivity index (χ2v) is 4.85. The highest BCUT2D eigenvalue weighted by Gasteiger charge is 2.48. The number of halogens is 3. The second kappa shape index (κ2) is 4.30. The summed E-state index contributed by atoms with van der Waals surface area (Å²) in [6.45, 7) is 0.182. The Morgan fingerprint density at radius 2 is 2.00 bits per heavy atom. The molecule has 18 heavy (non-hydrogen) atoms. The first-order valence-corrected chi connectivity index (χ1v) is 5.74. The van der Waals surface area contributed by atoms with E-state index in [1.165, 1.54) is 18.2 Å². The maximum absolute atomic E-state index is 13.7. The maximum atomic E-state index is 13.7. The molecule has 0 spiro atoms. The molecule has 2 atom stereocenters. The molecule has 1 saturated heterocycles. The van der Waals surface area contributed by atoms with E-state index in [1.54, 1.807) is 6.07 Å². The SMILES string of the molecule is CC1(F)CC[C@@](CF)(c2ccccc2F)NC1=O. The van der Waals surface area contributed by atoms with E-state index in [0.29, 0.717) is 0 Å². The van der Waals surface area contributed by atoms with Gasteiger partial charge in [0.25, 0.3) is 5.91 Å². The van der Waals surface area contributed by atoms with E-state index in [-0.39, 0.29) is 18.4 Å². The second-order valence-electron chi connectivity index (χ2n) is 4.85. The number of nitrogens with one attached hydrogen (secondary N) is 1. The molecule has 2 rings (SSSR count). The fourth-order valence-corrected chi connectivity index (χ4v) is 2.20. The van der Waals surface area contributed by atoms with Crippen molar-refractivity contribution < 1.29 is 18.0 Å². The van der Waals surface area contributed by atoms with Crippen LogP contribution in [0.15, 0.2) is 24.3 Å². The molecule has 1 aromatic rings. The van der Waals surface area contributed by atoms with Crippen molar-refractivity contribution in [2.24, 2.45) is 0 Å². The number of benzene rings is 1. The summed E-state index contributed by atoms with van der Waals surface area (Å²) in [5.74, 6) is -1.49. The maximum Gasteiger partial charge on any atom is 0.258 e. The summed E-state index contributed by atoms with van der Waals surface area (Å²) in [6.07, 6.45) is -0.0970. The van der Waals surface area contributed by atoms with Crippen LogP contribution in [0.2, 0.25) is 0 Å². The van der Waals surface area contributed by atoms with Gasteiger partial charge in [-0.25, -0.2) is 13.2 Å². The molecular formula is C13H14F3NO. The highest BCUT2D eigenvalue weighted by atomic mass is 19.1. The molecule has 1 unspecified atom stereocenters. The smallest absolute Gasteiger partial charge is 0.258 e. The van der Waals surface area contributed by atoms with Gasteiger partial charge in [0.2, 0.25) is 0 Å². The zero-order valence-electron chi connectivity index (χ0n) is 9.97. The average Bonchev–Trinajstić information content (AvgIpc) is 2.34. The van der Waals surface area contributed by atoms with Crippen LogP contribution >= 0.6 is 0 Å². The lowest BCUT2D eigenvalue weighted by Gasteiger charge is -2.40. The van der Waals surface area contributed by atoms with Crippen LogP contribution in [0.1, 0.15) is 25.3 Å². The Bertz CT molecular complexity index is 475. The summed E-state index contributed by atoms with van der Waals surface area (Å²) < 4.78 is 40.8. The number of carbonyl (C=O) groups excluding carboxylic acids is 1. The topological polar surface area (TPSA) is 29.1 Å². The molecule has 2 nitrogen and oxygen atoms in total. The van der Waals surface area contributed by atoms with Crippen LogP contribution in [0.4, 0.5) is 13.2 Å². The van der Waals surface area contributed by atoms with Crippen molar-refractivity contribution in [3.05, 3.63) is 35.6 Å². The van der Waals surface area contributed by atoms with Crippen molar-refractivity contribution in [3.63, 3.8) is 0 Å². The zero-order valence-corrected chi connectivity index (χ0v) is 9.97. The van der Waals surface area contributed by atoms with Crippen molar-refractivity contribution in [2.75, 3.05) is 6.67 Å². The van der Waals surface area contributed by atoms with Crippen molar-refractivity contribution in [2.45, 2.75) is 31.0 Å². The van der Waals surface area contributed by atoms with Crippen LogP contribution < -0.4 is 5.32 Å². The minimum absolute atomic E-state index is 0.0309. The number of hydrogen-bond acceptors (Lipinski definition) is 1. The molecule has 1 aliphatic heterocycles. The van der Waals surface area contributed by atoms with Gasteiger partial charge in [-0.1, -0.05) is 18.2 Å². The molecule has 98 valence electrons. The lowest BCUT2D eigenvalue weighted by atomic mass is 9.79. The third-order valence-electron chi connectivity index (χ3n) is 3.47. The van der Waals surface area contributed by atoms with Crippen LogP contribution in [0.5, 0.6) is 0 Å². The van der Waals surface area contributed by atoms with Gasteiger partial charge in [-0.2, -0.15) is 0 Å². The third-order valence-corrected chi connectivity index (χ3v) is 3.47. The Hall–Kier alpha value is -1.52. The minimum atomic E-state index is -2.02. The predicted octanol–water partition coefficient (Wildman–Crippen LogP) is 2.63. The highest BCUT2D eigenvalue weighted by Crippen LogP contribution is 2.37. The molecule has 1 aromatic carbocycles. The molecule has 0 bridgehead atoms. The third kappa shape index (κ3) is 1.98. The summed E-state index contributed by atoms with van der Waals surface area (Å²) in [5.41, 5.74) is -3.41. The largest absolute Gasteiger partial charge is 0.341 e. The minimum Gasteiger partial charge on any atom is -0.341 e. The summed E-state index contributed by atoms with van der Waals surface area (Å²) in [5, 5.41) is 2.30. The van der Waals surface area contributed by atoms with E-state index >= 15 is 0 Å². The van der Waals surface area contributed by atoms with E-state index in [2.05, 4.69) is 5.32 Å². The Morgan fingerprint density at radius 3 is 2.56 bits per heavy atom. The van der Waals surface area contributed by atoms with Gasteiger partial charge in [0.1, 0.15) is 12.5 Å². The summed E-state index contributed by atoms with van der Waals surface area (Å²) in [4.78, 5) is 11.6. The molecule has 5 heteroatoms. The highest BCUT2D eigenvalue weighted by molar-refractivity contribution is 5.86. The molecule has 1 N–H and O–H groups in total. The van der Waals surface area contributed by atoms with Crippen molar-refractivity contribution in [3.8, 4) is 0 Å². The van der Waals surface area contributed by atoms with Gasteiger partial charge < -0.3 is 5.32 Å². The van der Waals surface area contributed by atoms with Crippen LogP contribution in [0.25, 0.3) is 0 Å². The monoisotopic (exact) mass is 257 g/mol. The van der Waals surface area contributed by atoms with Crippen molar-refractivity contribution >= 4 is 5.91 Å². The first-order chi connectivity index (χ1) is 8.41. The van der Waals surface area contributed by atoms with Gasteiger partial charge in [-0.15, -0.1) is 0 Å². The molecule has 0 aromatic heterocycles. The molecule has 0 aliphatic carbocycles. The number of alkyl halides is 2. The van der Waals surface area contributed by atoms with Crippen molar-refractivity contribution in [1.82, 2.24) is 5.32 Å². The zero-order chi connectivity index (χ0) is 13.4. The molecule has 1 heterocycles. The van der Waals surface area contributed by atoms with Gasteiger partial charge in [0, 0.05) is 5.56 Å². The molecule has 1 aliphatic rings. The van der Waals surface area contributed by atoms with E-state index in [4.69, 9.17) is 0 Å². The Balaban J connectivity index is 2.40. The molecule has 1 amide bonds. The summed E-state index contributed by atoms with van der Waals surface area (Å²) in [6, 6.07) is 5.65. The van der Waals surface area contributed by atoms with Crippen molar-refractivity contribution in [1.29, 1.82) is 0 Å². The first kappa shape index (κ1) is 12.9. The van der Waals surface area contributed by atoms with E-state index in [0.717, 1.165) is 6.92 Å². The molecule has 1 fully saturated rings. The Kier molecular flexibility index (Phi) is 3.09.